The summed E-state index contributed by atoms with van der Waals surface area (Å²) < 4.78 is 5.41. The van der Waals surface area contributed by atoms with Gasteiger partial charge in [-0.3, -0.25) is 24.8 Å². The molecule has 2 rings (SSSR count). The van der Waals surface area contributed by atoms with Gasteiger partial charge in [-0.25, -0.2) is 4.79 Å². The molecule has 0 aliphatic rings. The molecule has 166 valence electrons. The Kier molecular flexibility index (Phi) is 7.29. The Morgan fingerprint density at radius 3 is 2.58 bits per heavy atom. The van der Waals surface area contributed by atoms with Crippen molar-refractivity contribution in [3.8, 4) is 0 Å². The standard InChI is InChI=1S/C19H24N6O6/c1-19(2,3)31-18(28)24(10-12-7-5-4-6-8-12)13(11-26)9-21-15-14(25(29)30)16(27)23-17(20)22-15/h4-8,11,13H,9-10H2,1-3H3,(H4,20,21,22,23,27)/t13-/m1/s1. The zero-order valence-corrected chi connectivity index (χ0v) is 17.3. The van der Waals surface area contributed by atoms with Gasteiger partial charge in [-0.2, -0.15) is 4.98 Å². The number of amides is 1. The largest absolute Gasteiger partial charge is 0.444 e. The summed E-state index contributed by atoms with van der Waals surface area (Å²) in [5.74, 6) is -0.754. The van der Waals surface area contributed by atoms with Gasteiger partial charge >= 0.3 is 17.3 Å². The quantitative estimate of drug-likeness (QED) is 0.318. The molecule has 1 aromatic heterocycles. The minimum Gasteiger partial charge on any atom is -0.444 e. The molecular weight excluding hydrogens is 408 g/mol. The van der Waals surface area contributed by atoms with Crippen molar-refractivity contribution in [1.82, 2.24) is 14.9 Å². The van der Waals surface area contributed by atoms with Crippen molar-refractivity contribution in [1.29, 1.82) is 0 Å². The molecule has 0 bridgehead atoms. The molecule has 1 amide bonds. The van der Waals surface area contributed by atoms with Gasteiger partial charge in [0.05, 0.1) is 4.92 Å². The molecule has 0 radical (unpaired) electrons. The highest BCUT2D eigenvalue weighted by atomic mass is 16.6. The first kappa shape index (κ1) is 23.3. The number of benzene rings is 1. The van der Waals surface area contributed by atoms with E-state index in [1.54, 1.807) is 45.0 Å². The number of ether oxygens (including phenoxy) is 1. The minimum absolute atomic E-state index is 0.0495. The maximum atomic E-state index is 12.8. The first-order valence-corrected chi connectivity index (χ1v) is 9.28. The lowest BCUT2D eigenvalue weighted by atomic mass is 10.1. The van der Waals surface area contributed by atoms with E-state index in [1.807, 2.05) is 11.1 Å². The van der Waals surface area contributed by atoms with Crippen LogP contribution in [0.1, 0.15) is 26.3 Å². The fraction of sp³-hybridized carbons (Fsp3) is 0.368. The third-order valence-corrected chi connectivity index (χ3v) is 3.96. The summed E-state index contributed by atoms with van der Waals surface area (Å²) in [6, 6.07) is 7.83. The van der Waals surface area contributed by atoms with Crippen LogP contribution in [0.5, 0.6) is 0 Å². The molecule has 12 heteroatoms. The van der Waals surface area contributed by atoms with Crippen LogP contribution in [0.4, 0.5) is 22.2 Å². The summed E-state index contributed by atoms with van der Waals surface area (Å²) in [6.07, 6.45) is -0.245. The zero-order valence-electron chi connectivity index (χ0n) is 17.3. The van der Waals surface area contributed by atoms with Crippen LogP contribution in [0.25, 0.3) is 0 Å². The van der Waals surface area contributed by atoms with Crippen LogP contribution in [0.3, 0.4) is 0 Å². The number of nitrogens with one attached hydrogen (secondary N) is 2. The molecule has 12 nitrogen and oxygen atoms in total. The van der Waals surface area contributed by atoms with Gasteiger partial charge < -0.3 is 20.6 Å². The molecule has 0 aliphatic carbocycles. The number of hydrogen-bond acceptors (Lipinski definition) is 9. The Labute approximate surface area is 177 Å². The van der Waals surface area contributed by atoms with Crippen LogP contribution in [-0.4, -0.2) is 50.4 Å². The number of nitrogens with two attached hydrogens (primary N) is 1. The monoisotopic (exact) mass is 432 g/mol. The van der Waals surface area contributed by atoms with Crippen molar-refractivity contribution in [3.05, 3.63) is 56.4 Å². The van der Waals surface area contributed by atoms with Crippen LogP contribution >= 0.6 is 0 Å². The van der Waals surface area contributed by atoms with Crippen LogP contribution in [0, 0.1) is 10.1 Å². The second-order valence-electron chi connectivity index (χ2n) is 7.58. The smallest absolute Gasteiger partial charge is 0.411 e. The first-order valence-electron chi connectivity index (χ1n) is 9.28. The van der Waals surface area contributed by atoms with E-state index in [1.165, 1.54) is 4.90 Å². The Balaban J connectivity index is 2.32. The molecule has 1 atom stereocenters. The summed E-state index contributed by atoms with van der Waals surface area (Å²) in [6.45, 7) is 4.84. The minimum atomic E-state index is -1.09. The molecule has 1 heterocycles. The van der Waals surface area contributed by atoms with Crippen molar-refractivity contribution in [2.75, 3.05) is 17.6 Å². The highest BCUT2D eigenvalue weighted by molar-refractivity contribution is 5.74. The van der Waals surface area contributed by atoms with Crippen molar-refractivity contribution >= 4 is 29.8 Å². The van der Waals surface area contributed by atoms with E-state index in [2.05, 4.69) is 10.3 Å². The lowest BCUT2D eigenvalue weighted by Gasteiger charge is -2.31. The second-order valence-corrected chi connectivity index (χ2v) is 7.58. The topological polar surface area (TPSA) is 174 Å². The van der Waals surface area contributed by atoms with Gasteiger partial charge in [0.15, 0.2) is 0 Å². The van der Waals surface area contributed by atoms with E-state index in [-0.39, 0.29) is 19.0 Å². The Morgan fingerprint density at radius 2 is 2.03 bits per heavy atom. The molecule has 0 aliphatic heterocycles. The molecular formula is C19H24N6O6. The number of nitrogen functional groups attached to an aromatic ring is 1. The van der Waals surface area contributed by atoms with Gasteiger partial charge in [-0.15, -0.1) is 0 Å². The Bertz CT molecular complexity index is 1000. The number of anilines is 2. The van der Waals surface area contributed by atoms with Gasteiger partial charge in [-0.05, 0) is 26.3 Å². The number of aromatic nitrogens is 2. The van der Waals surface area contributed by atoms with Gasteiger partial charge in [0, 0.05) is 13.1 Å². The van der Waals surface area contributed by atoms with Crippen LogP contribution < -0.4 is 16.6 Å². The molecule has 0 spiro atoms. The third-order valence-electron chi connectivity index (χ3n) is 3.96. The van der Waals surface area contributed by atoms with E-state index < -0.39 is 39.7 Å². The van der Waals surface area contributed by atoms with Gasteiger partial charge in [0.25, 0.3) is 0 Å². The van der Waals surface area contributed by atoms with E-state index in [9.17, 15) is 24.5 Å². The van der Waals surface area contributed by atoms with E-state index in [0.29, 0.717) is 6.29 Å². The van der Waals surface area contributed by atoms with E-state index in [4.69, 9.17) is 10.5 Å². The molecule has 2 aromatic rings. The SMILES string of the molecule is CC(C)(C)OC(=O)N(Cc1ccccc1)[C@@H](C=O)CNc1nc(N)[nH]c(=O)c1[N+](=O)[O-]. The number of nitrogens with zero attached hydrogens (tertiary/aromatic N) is 3. The number of rotatable bonds is 8. The molecule has 31 heavy (non-hydrogen) atoms. The summed E-state index contributed by atoms with van der Waals surface area (Å²) >= 11 is 0. The Morgan fingerprint density at radius 1 is 1.39 bits per heavy atom. The summed E-state index contributed by atoms with van der Waals surface area (Å²) in [5, 5.41) is 13.8. The number of carbonyl (C=O) groups is 2. The Hall–Kier alpha value is -3.96. The van der Waals surface area contributed by atoms with Crippen LogP contribution in [0.2, 0.25) is 0 Å². The number of hydrogen-bond donors (Lipinski definition) is 3. The van der Waals surface area contributed by atoms with Crippen molar-refractivity contribution in [2.24, 2.45) is 0 Å². The summed E-state index contributed by atoms with van der Waals surface area (Å²) in [5.41, 5.74) is 3.49. The predicted octanol–water partition coefficient (Wildman–Crippen LogP) is 1.68. The zero-order chi connectivity index (χ0) is 23.2. The molecule has 0 saturated carbocycles. The number of H-pyrrole nitrogens is 1. The van der Waals surface area contributed by atoms with E-state index >= 15 is 0 Å². The van der Waals surface area contributed by atoms with Crippen molar-refractivity contribution in [3.63, 3.8) is 0 Å². The molecule has 0 fully saturated rings. The fourth-order valence-electron chi connectivity index (χ4n) is 2.63. The maximum absolute atomic E-state index is 12.8. The predicted molar refractivity (Wildman–Crippen MR) is 112 cm³/mol. The molecule has 4 N–H and O–H groups in total. The lowest BCUT2D eigenvalue weighted by Crippen LogP contribution is -2.47. The fourth-order valence-corrected chi connectivity index (χ4v) is 2.63. The number of nitro groups is 1. The van der Waals surface area contributed by atoms with Gasteiger partial charge in [-0.1, -0.05) is 30.3 Å². The highest BCUT2D eigenvalue weighted by Crippen LogP contribution is 2.19. The van der Waals surface area contributed by atoms with E-state index in [0.717, 1.165) is 5.56 Å². The lowest BCUT2D eigenvalue weighted by molar-refractivity contribution is -0.385. The van der Waals surface area contributed by atoms with Crippen molar-refractivity contribution in [2.45, 2.75) is 39.0 Å². The molecule has 1 aromatic carbocycles. The number of carbonyl (C=O) groups excluding carboxylic acids is 2. The number of aromatic amines is 1. The highest BCUT2D eigenvalue weighted by Gasteiger charge is 2.30. The third kappa shape index (κ3) is 6.52. The summed E-state index contributed by atoms with van der Waals surface area (Å²) in [7, 11) is 0. The second kappa shape index (κ2) is 9.69. The first-order chi connectivity index (χ1) is 14.5. The normalized spacial score (nSPS) is 12.0. The average Bonchev–Trinajstić information content (AvgIpc) is 2.66. The molecule has 0 unspecified atom stereocenters. The van der Waals surface area contributed by atoms with Gasteiger partial charge in [0.1, 0.15) is 17.9 Å². The summed E-state index contributed by atoms with van der Waals surface area (Å²) in [4.78, 5) is 53.7. The number of aldehydes is 1. The van der Waals surface area contributed by atoms with Gasteiger partial charge in [0.2, 0.25) is 11.8 Å². The molecule has 0 saturated heterocycles. The van der Waals surface area contributed by atoms with Crippen LogP contribution in [-0.2, 0) is 16.1 Å². The maximum Gasteiger partial charge on any atom is 0.411 e. The van der Waals surface area contributed by atoms with Crippen molar-refractivity contribution < 1.29 is 19.2 Å². The average molecular weight is 432 g/mol. The van der Waals surface area contributed by atoms with Crippen LogP contribution in [0.15, 0.2) is 35.1 Å².